The van der Waals surface area contributed by atoms with Crippen LogP contribution in [0.1, 0.15) is 27.2 Å². The smallest absolute Gasteiger partial charge is 0.409 e. The molecule has 0 aliphatic carbocycles. The Labute approximate surface area is 117 Å². The van der Waals surface area contributed by atoms with Crippen molar-refractivity contribution in [1.29, 1.82) is 0 Å². The molecule has 1 aliphatic rings. The van der Waals surface area contributed by atoms with Gasteiger partial charge >= 0.3 is 6.09 Å². The van der Waals surface area contributed by atoms with Gasteiger partial charge in [0.15, 0.2) is 0 Å². The highest BCUT2D eigenvalue weighted by Crippen LogP contribution is 2.34. The minimum absolute atomic E-state index is 0.199. The van der Waals surface area contributed by atoms with Gasteiger partial charge in [-0.25, -0.2) is 4.79 Å². The molecule has 3 nitrogen and oxygen atoms in total. The predicted molar refractivity (Wildman–Crippen MR) is 70.8 cm³/mol. The number of hydrogen-bond acceptors (Lipinski definition) is 2. The van der Waals surface area contributed by atoms with E-state index in [1.54, 1.807) is 4.90 Å². The molecule has 1 amide bonds. The fraction of sp³-hybridized carbons (Fsp3) is 0.909. The van der Waals surface area contributed by atoms with Crippen molar-refractivity contribution in [2.45, 2.75) is 31.0 Å². The fourth-order valence-corrected chi connectivity index (χ4v) is 2.03. The summed E-state index contributed by atoms with van der Waals surface area (Å²) in [5.41, 5.74) is 0.199. The number of carbonyl (C=O) groups is 1. The number of amides is 1. The van der Waals surface area contributed by atoms with Crippen LogP contribution in [0.3, 0.4) is 0 Å². The second-order valence-corrected chi connectivity index (χ2v) is 7.98. The molecule has 1 atom stereocenters. The Balaban J connectivity index is 2.41. The third kappa shape index (κ3) is 5.11. The van der Waals surface area contributed by atoms with Crippen molar-refractivity contribution in [2.75, 3.05) is 19.7 Å². The van der Waals surface area contributed by atoms with Crippen LogP contribution >= 0.6 is 34.8 Å². The summed E-state index contributed by atoms with van der Waals surface area (Å²) in [6.45, 7) is 7.73. The Kier molecular flexibility index (Phi) is 4.84. The normalized spacial score (nSPS) is 21.8. The zero-order chi connectivity index (χ0) is 13.3. The highest BCUT2D eigenvalue weighted by atomic mass is 35.6. The van der Waals surface area contributed by atoms with Crippen LogP contribution in [0.15, 0.2) is 0 Å². The molecular weight excluding hydrogens is 284 g/mol. The summed E-state index contributed by atoms with van der Waals surface area (Å²) < 4.78 is 3.40. The van der Waals surface area contributed by atoms with Crippen LogP contribution in [0.25, 0.3) is 0 Å². The molecule has 0 N–H and O–H groups in total. The summed E-state index contributed by atoms with van der Waals surface area (Å²) in [7, 11) is 0. The van der Waals surface area contributed by atoms with Gasteiger partial charge in [0, 0.05) is 13.1 Å². The highest BCUT2D eigenvalue weighted by molar-refractivity contribution is 6.67. The van der Waals surface area contributed by atoms with Crippen LogP contribution in [0.2, 0.25) is 0 Å². The Bertz CT molecular complexity index is 283. The van der Waals surface area contributed by atoms with Crippen LogP contribution < -0.4 is 0 Å². The number of hydrogen-bond donors (Lipinski definition) is 0. The quantitative estimate of drug-likeness (QED) is 0.688. The maximum absolute atomic E-state index is 11.7. The van der Waals surface area contributed by atoms with E-state index in [2.05, 4.69) is 20.8 Å². The van der Waals surface area contributed by atoms with Gasteiger partial charge in [0.1, 0.15) is 6.61 Å². The molecule has 0 saturated carbocycles. The van der Waals surface area contributed by atoms with Gasteiger partial charge in [0.25, 0.3) is 0 Å². The summed E-state index contributed by atoms with van der Waals surface area (Å²) >= 11 is 16.6. The Hall–Kier alpha value is 0.140. The van der Waals surface area contributed by atoms with E-state index < -0.39 is 9.89 Å². The third-order valence-electron chi connectivity index (χ3n) is 3.03. The van der Waals surface area contributed by atoms with Gasteiger partial charge in [-0.3, -0.25) is 0 Å². The molecule has 100 valence electrons. The fourth-order valence-electron chi connectivity index (χ4n) is 1.87. The molecule has 0 aromatic carbocycles. The van der Waals surface area contributed by atoms with Crippen LogP contribution in [0.4, 0.5) is 4.79 Å². The second kappa shape index (κ2) is 5.41. The zero-order valence-corrected chi connectivity index (χ0v) is 12.6. The van der Waals surface area contributed by atoms with E-state index in [4.69, 9.17) is 39.5 Å². The zero-order valence-electron chi connectivity index (χ0n) is 10.3. The SMILES string of the molecule is CC(C)(C)[C@@H]1CCN(C(=O)OCC(Cl)(Cl)Cl)C1. The molecule has 0 aromatic rings. The van der Waals surface area contributed by atoms with Crippen LogP contribution in [0, 0.1) is 11.3 Å². The van der Waals surface area contributed by atoms with Crippen LogP contribution in [-0.4, -0.2) is 34.5 Å². The van der Waals surface area contributed by atoms with E-state index in [9.17, 15) is 4.79 Å². The number of nitrogens with zero attached hydrogens (tertiary/aromatic N) is 1. The molecule has 0 aromatic heterocycles. The molecule has 17 heavy (non-hydrogen) atoms. The maximum atomic E-state index is 11.7. The summed E-state index contributed by atoms with van der Waals surface area (Å²) in [5.74, 6) is 0.489. The van der Waals surface area contributed by atoms with E-state index in [0.717, 1.165) is 6.42 Å². The van der Waals surface area contributed by atoms with Gasteiger partial charge in [-0.15, -0.1) is 0 Å². The summed E-state index contributed by atoms with van der Waals surface area (Å²) in [4.78, 5) is 13.4. The number of halogens is 3. The Morgan fingerprint density at radius 2 is 1.94 bits per heavy atom. The molecule has 0 spiro atoms. The first-order valence-electron chi connectivity index (χ1n) is 5.58. The largest absolute Gasteiger partial charge is 0.445 e. The molecule has 0 bridgehead atoms. The van der Waals surface area contributed by atoms with Gasteiger partial charge in [-0.1, -0.05) is 55.6 Å². The summed E-state index contributed by atoms with van der Waals surface area (Å²) in [6, 6.07) is 0. The molecule has 0 unspecified atom stereocenters. The number of carbonyl (C=O) groups excluding carboxylic acids is 1. The van der Waals surface area contributed by atoms with E-state index in [0.29, 0.717) is 19.0 Å². The Morgan fingerprint density at radius 3 is 2.35 bits per heavy atom. The first-order chi connectivity index (χ1) is 7.59. The minimum atomic E-state index is -1.54. The number of alkyl halides is 3. The van der Waals surface area contributed by atoms with E-state index >= 15 is 0 Å². The van der Waals surface area contributed by atoms with E-state index in [-0.39, 0.29) is 12.0 Å². The van der Waals surface area contributed by atoms with Crippen molar-refractivity contribution in [2.24, 2.45) is 11.3 Å². The number of rotatable bonds is 1. The first-order valence-corrected chi connectivity index (χ1v) is 6.71. The van der Waals surface area contributed by atoms with E-state index in [1.807, 2.05) is 0 Å². The molecule has 0 radical (unpaired) electrons. The summed E-state index contributed by atoms with van der Waals surface area (Å²) in [5, 5.41) is 0. The lowest BCUT2D eigenvalue weighted by Crippen LogP contribution is -2.33. The number of likely N-dealkylation sites (tertiary alicyclic amines) is 1. The molecule has 1 aliphatic heterocycles. The third-order valence-corrected chi connectivity index (χ3v) is 3.36. The molecule has 1 saturated heterocycles. The van der Waals surface area contributed by atoms with Crippen molar-refractivity contribution in [3.63, 3.8) is 0 Å². The lowest BCUT2D eigenvalue weighted by atomic mass is 9.80. The lowest BCUT2D eigenvalue weighted by molar-refractivity contribution is 0.108. The van der Waals surface area contributed by atoms with Gasteiger partial charge in [0.2, 0.25) is 3.79 Å². The first kappa shape index (κ1) is 15.2. The van der Waals surface area contributed by atoms with Crippen molar-refractivity contribution in [3.05, 3.63) is 0 Å². The van der Waals surface area contributed by atoms with Crippen molar-refractivity contribution < 1.29 is 9.53 Å². The topological polar surface area (TPSA) is 29.5 Å². The van der Waals surface area contributed by atoms with Crippen LogP contribution in [-0.2, 0) is 4.74 Å². The monoisotopic (exact) mass is 301 g/mol. The van der Waals surface area contributed by atoms with Gasteiger partial charge in [-0.2, -0.15) is 0 Å². The number of ether oxygens (including phenoxy) is 1. The molecular formula is C11H18Cl3NO2. The van der Waals surface area contributed by atoms with Gasteiger partial charge < -0.3 is 9.64 Å². The van der Waals surface area contributed by atoms with Gasteiger partial charge in [-0.05, 0) is 17.8 Å². The molecule has 1 heterocycles. The highest BCUT2D eigenvalue weighted by Gasteiger charge is 2.35. The molecule has 6 heteroatoms. The van der Waals surface area contributed by atoms with Crippen LogP contribution in [0.5, 0.6) is 0 Å². The molecule has 1 fully saturated rings. The predicted octanol–water partition coefficient (Wildman–Crippen LogP) is 3.86. The molecule has 1 rings (SSSR count). The average Bonchev–Trinajstić information content (AvgIpc) is 2.60. The lowest BCUT2D eigenvalue weighted by Gasteiger charge is -2.26. The standard InChI is InChI=1S/C11H18Cl3NO2/c1-10(2,3)8-4-5-15(6-8)9(16)17-7-11(12,13)14/h8H,4-7H2,1-3H3/t8-/m1/s1. The van der Waals surface area contributed by atoms with E-state index in [1.165, 1.54) is 0 Å². The minimum Gasteiger partial charge on any atom is -0.445 e. The summed E-state index contributed by atoms with van der Waals surface area (Å²) in [6.07, 6.45) is 0.592. The van der Waals surface area contributed by atoms with Crippen molar-refractivity contribution >= 4 is 40.9 Å². The average molecular weight is 303 g/mol. The van der Waals surface area contributed by atoms with Crippen molar-refractivity contribution in [1.82, 2.24) is 4.90 Å². The Morgan fingerprint density at radius 1 is 1.35 bits per heavy atom. The van der Waals surface area contributed by atoms with Crippen molar-refractivity contribution in [3.8, 4) is 0 Å². The maximum Gasteiger partial charge on any atom is 0.409 e. The second-order valence-electron chi connectivity index (χ2n) is 5.47. The van der Waals surface area contributed by atoms with Gasteiger partial charge in [0.05, 0.1) is 0 Å².